The first-order valence-electron chi connectivity index (χ1n) is 9.21. The lowest BCUT2D eigenvalue weighted by molar-refractivity contribution is -0.136. The Balaban J connectivity index is 2.07. The average molecular weight is 345 g/mol. The summed E-state index contributed by atoms with van der Waals surface area (Å²) in [4.78, 5) is 27.4. The number of benzene rings is 1. The Bertz CT molecular complexity index is 595. The maximum Gasteiger partial charge on any atom is 0.251 e. The van der Waals surface area contributed by atoms with E-state index in [4.69, 9.17) is 5.73 Å². The lowest BCUT2D eigenvalue weighted by Crippen LogP contribution is -2.54. The Morgan fingerprint density at radius 2 is 1.84 bits per heavy atom. The molecule has 1 aliphatic heterocycles. The Kier molecular flexibility index (Phi) is 6.59. The van der Waals surface area contributed by atoms with Crippen LogP contribution in [0, 0.1) is 18.8 Å². The summed E-state index contributed by atoms with van der Waals surface area (Å²) in [7, 11) is 0. The van der Waals surface area contributed by atoms with Crippen molar-refractivity contribution in [2.75, 3.05) is 13.1 Å². The van der Waals surface area contributed by atoms with Crippen LogP contribution < -0.4 is 11.1 Å². The predicted molar refractivity (Wildman–Crippen MR) is 100 cm³/mol. The second-order valence-corrected chi connectivity index (χ2v) is 7.61. The number of amides is 2. The number of aryl methyl sites for hydroxylation is 1. The number of carbonyl (C=O) groups is 2. The highest BCUT2D eigenvalue weighted by atomic mass is 16.2. The van der Waals surface area contributed by atoms with Crippen molar-refractivity contribution in [1.82, 2.24) is 10.2 Å². The monoisotopic (exact) mass is 345 g/mol. The molecule has 2 rings (SSSR count). The molecule has 25 heavy (non-hydrogen) atoms. The molecular formula is C20H31N3O2. The number of nitrogens with zero attached hydrogens (tertiary/aromatic N) is 1. The fraction of sp³-hybridized carbons (Fsp3) is 0.600. The molecule has 1 aliphatic rings. The third-order valence-corrected chi connectivity index (χ3v) is 5.05. The van der Waals surface area contributed by atoms with E-state index in [-0.39, 0.29) is 23.8 Å². The standard InChI is InChI=1S/C20H31N3O2/c1-13(2)18(22-19(24)16-9-7-14(3)8-10-16)20(25)23-11-5-6-17(12-23)15(4)21/h7-10,13,15,17-18H,5-6,11-12,21H2,1-4H3,(H,22,24). The number of rotatable bonds is 5. The van der Waals surface area contributed by atoms with Gasteiger partial charge in [-0.25, -0.2) is 0 Å². The van der Waals surface area contributed by atoms with Crippen LogP contribution in [0.5, 0.6) is 0 Å². The van der Waals surface area contributed by atoms with Gasteiger partial charge in [-0.3, -0.25) is 9.59 Å². The minimum Gasteiger partial charge on any atom is -0.341 e. The van der Waals surface area contributed by atoms with E-state index in [1.165, 1.54) is 0 Å². The number of hydrogen-bond acceptors (Lipinski definition) is 3. The molecule has 3 N–H and O–H groups in total. The molecule has 0 bridgehead atoms. The maximum atomic E-state index is 13.0. The van der Waals surface area contributed by atoms with E-state index < -0.39 is 6.04 Å². The van der Waals surface area contributed by atoms with Gasteiger partial charge < -0.3 is 16.0 Å². The second-order valence-electron chi connectivity index (χ2n) is 7.61. The quantitative estimate of drug-likeness (QED) is 0.860. The van der Waals surface area contributed by atoms with E-state index in [1.54, 1.807) is 12.1 Å². The first-order chi connectivity index (χ1) is 11.8. The van der Waals surface area contributed by atoms with Gasteiger partial charge in [0.15, 0.2) is 0 Å². The Morgan fingerprint density at radius 3 is 2.40 bits per heavy atom. The molecule has 3 atom stereocenters. The van der Waals surface area contributed by atoms with Crippen LogP contribution >= 0.6 is 0 Å². The van der Waals surface area contributed by atoms with Crippen LogP contribution in [0.1, 0.15) is 49.5 Å². The zero-order chi connectivity index (χ0) is 18.6. The highest BCUT2D eigenvalue weighted by Crippen LogP contribution is 2.20. The molecule has 5 heteroatoms. The van der Waals surface area contributed by atoms with Gasteiger partial charge in [-0.1, -0.05) is 31.5 Å². The van der Waals surface area contributed by atoms with Crippen molar-refractivity contribution in [3.8, 4) is 0 Å². The van der Waals surface area contributed by atoms with Crippen LogP contribution in [0.4, 0.5) is 0 Å². The number of piperidine rings is 1. The average Bonchev–Trinajstić information content (AvgIpc) is 2.59. The molecular weight excluding hydrogens is 314 g/mol. The summed E-state index contributed by atoms with van der Waals surface area (Å²) >= 11 is 0. The second kappa shape index (κ2) is 8.48. The van der Waals surface area contributed by atoms with Gasteiger partial charge in [-0.2, -0.15) is 0 Å². The molecule has 0 aromatic heterocycles. The third-order valence-electron chi connectivity index (χ3n) is 5.05. The van der Waals surface area contributed by atoms with Gasteiger partial charge >= 0.3 is 0 Å². The molecule has 5 nitrogen and oxygen atoms in total. The SMILES string of the molecule is Cc1ccc(C(=O)NC(C(=O)N2CCCC(C(C)N)C2)C(C)C)cc1. The molecule has 0 aliphatic carbocycles. The fourth-order valence-corrected chi connectivity index (χ4v) is 3.28. The molecule has 138 valence electrons. The Hall–Kier alpha value is -1.88. The fourth-order valence-electron chi connectivity index (χ4n) is 3.28. The van der Waals surface area contributed by atoms with Crippen LogP contribution in [0.2, 0.25) is 0 Å². The zero-order valence-corrected chi connectivity index (χ0v) is 15.8. The molecule has 3 unspecified atom stereocenters. The minimum absolute atomic E-state index is 0.000752. The summed E-state index contributed by atoms with van der Waals surface area (Å²) in [6.45, 7) is 9.33. The van der Waals surface area contributed by atoms with Crippen molar-refractivity contribution in [2.24, 2.45) is 17.6 Å². The van der Waals surface area contributed by atoms with E-state index in [1.807, 2.05) is 44.7 Å². The smallest absolute Gasteiger partial charge is 0.251 e. The molecule has 0 saturated carbocycles. The molecule has 1 saturated heterocycles. The summed E-state index contributed by atoms with van der Waals surface area (Å²) < 4.78 is 0. The third kappa shape index (κ3) is 5.05. The molecule has 1 aromatic carbocycles. The number of carbonyl (C=O) groups excluding carboxylic acids is 2. The summed E-state index contributed by atoms with van der Waals surface area (Å²) in [6, 6.07) is 6.95. The molecule has 1 fully saturated rings. The van der Waals surface area contributed by atoms with E-state index in [9.17, 15) is 9.59 Å². The summed E-state index contributed by atoms with van der Waals surface area (Å²) in [6.07, 6.45) is 2.03. The Morgan fingerprint density at radius 1 is 1.20 bits per heavy atom. The highest BCUT2D eigenvalue weighted by molar-refractivity contribution is 5.97. The first kappa shape index (κ1) is 19.4. The van der Waals surface area contributed by atoms with Crippen LogP contribution in [0.15, 0.2) is 24.3 Å². The topological polar surface area (TPSA) is 75.4 Å². The molecule has 2 amide bonds. The summed E-state index contributed by atoms with van der Waals surface area (Å²) in [5.74, 6) is 0.157. The molecule has 1 aromatic rings. The predicted octanol–water partition coefficient (Wildman–Crippen LogP) is 2.34. The van der Waals surface area contributed by atoms with Gasteiger partial charge in [0.25, 0.3) is 5.91 Å². The van der Waals surface area contributed by atoms with E-state index in [0.29, 0.717) is 18.0 Å². The van der Waals surface area contributed by atoms with E-state index >= 15 is 0 Å². The van der Waals surface area contributed by atoms with Crippen molar-refractivity contribution < 1.29 is 9.59 Å². The highest BCUT2D eigenvalue weighted by Gasteiger charge is 2.32. The number of nitrogens with two attached hydrogens (primary N) is 1. The van der Waals surface area contributed by atoms with Gasteiger partial charge in [0.05, 0.1) is 0 Å². The van der Waals surface area contributed by atoms with Crippen molar-refractivity contribution in [3.05, 3.63) is 35.4 Å². The van der Waals surface area contributed by atoms with Crippen molar-refractivity contribution in [3.63, 3.8) is 0 Å². The lowest BCUT2D eigenvalue weighted by Gasteiger charge is -2.37. The van der Waals surface area contributed by atoms with Gasteiger partial charge in [-0.15, -0.1) is 0 Å². The number of hydrogen-bond donors (Lipinski definition) is 2. The lowest BCUT2D eigenvalue weighted by atomic mass is 9.91. The molecule has 0 spiro atoms. The number of nitrogens with one attached hydrogen (secondary N) is 1. The molecule has 1 heterocycles. The zero-order valence-electron chi connectivity index (χ0n) is 15.8. The maximum absolute atomic E-state index is 13.0. The first-order valence-corrected chi connectivity index (χ1v) is 9.21. The van der Waals surface area contributed by atoms with Crippen molar-refractivity contribution in [2.45, 2.75) is 52.6 Å². The van der Waals surface area contributed by atoms with Gasteiger partial charge in [0.1, 0.15) is 6.04 Å². The van der Waals surface area contributed by atoms with Crippen LogP contribution in [0.25, 0.3) is 0 Å². The summed E-state index contributed by atoms with van der Waals surface area (Å²) in [5, 5.41) is 2.93. The minimum atomic E-state index is -0.513. The van der Waals surface area contributed by atoms with Crippen LogP contribution in [-0.2, 0) is 4.79 Å². The van der Waals surface area contributed by atoms with Crippen LogP contribution in [0.3, 0.4) is 0 Å². The summed E-state index contributed by atoms with van der Waals surface area (Å²) in [5.41, 5.74) is 7.71. The van der Waals surface area contributed by atoms with Crippen LogP contribution in [-0.4, -0.2) is 41.9 Å². The van der Waals surface area contributed by atoms with Gasteiger partial charge in [0, 0.05) is 24.7 Å². The van der Waals surface area contributed by atoms with Gasteiger partial charge in [-0.05, 0) is 50.7 Å². The van der Waals surface area contributed by atoms with E-state index in [0.717, 1.165) is 24.9 Å². The number of likely N-dealkylation sites (tertiary alicyclic amines) is 1. The van der Waals surface area contributed by atoms with Crippen molar-refractivity contribution in [1.29, 1.82) is 0 Å². The normalized spacial score (nSPS) is 20.2. The van der Waals surface area contributed by atoms with E-state index in [2.05, 4.69) is 5.32 Å². The van der Waals surface area contributed by atoms with Gasteiger partial charge in [0.2, 0.25) is 5.91 Å². The van der Waals surface area contributed by atoms with Crippen molar-refractivity contribution >= 4 is 11.8 Å². The largest absolute Gasteiger partial charge is 0.341 e. The Labute approximate surface area is 151 Å². The molecule has 0 radical (unpaired) electrons.